The number of pyridine rings is 4. The Bertz CT molecular complexity index is 3250. The summed E-state index contributed by atoms with van der Waals surface area (Å²) in [7, 11) is 0. The van der Waals surface area contributed by atoms with Gasteiger partial charge in [0.15, 0.2) is 0 Å². The van der Waals surface area contributed by atoms with E-state index in [9.17, 15) is 0 Å². The van der Waals surface area contributed by atoms with Gasteiger partial charge in [0.05, 0.1) is 56.9 Å². The van der Waals surface area contributed by atoms with E-state index in [0.717, 1.165) is 51.0 Å². The molecule has 5 nitrogen and oxygen atoms in total. The number of nitrogens with zero attached hydrogens (tertiary/aromatic N) is 5. The summed E-state index contributed by atoms with van der Waals surface area (Å²) in [4.78, 5) is 27.8. The fourth-order valence-corrected chi connectivity index (χ4v) is 13.3. The molecule has 0 fully saturated rings. The molecule has 5 aliphatic rings. The fraction of sp³-hybridized carbons (Fsp3) is 0.0385. The van der Waals surface area contributed by atoms with Gasteiger partial charge >= 0.3 is 0 Å². The van der Waals surface area contributed by atoms with E-state index in [2.05, 4.69) is 157 Å². The first-order valence-corrected chi connectivity index (χ1v) is 21.5. The number of rotatable bonds is 1. The van der Waals surface area contributed by atoms with Crippen LogP contribution in [0.3, 0.4) is 0 Å². The second-order valence-corrected chi connectivity index (χ2v) is 17.9. The van der Waals surface area contributed by atoms with Crippen LogP contribution in [0.1, 0.15) is 44.5 Å². The number of aromatic nitrogens is 4. The number of fused-ring (bicyclic) bond motifs is 21. The van der Waals surface area contributed by atoms with E-state index in [4.69, 9.17) is 19.9 Å². The molecule has 5 aromatic carbocycles. The summed E-state index contributed by atoms with van der Waals surface area (Å²) < 4.78 is 0. The van der Waals surface area contributed by atoms with Crippen LogP contribution in [0.25, 0.3) is 33.9 Å². The molecular weight excluding hydrogens is 759 g/mol. The maximum Gasteiger partial charge on any atom is 0.0939 e. The molecule has 2 spiro atoms. The lowest BCUT2D eigenvalue weighted by atomic mass is 9.66. The van der Waals surface area contributed by atoms with Gasteiger partial charge in [0.25, 0.3) is 0 Å². The summed E-state index contributed by atoms with van der Waals surface area (Å²) >= 11 is 3.69. The Morgan fingerprint density at radius 2 is 0.864 bits per heavy atom. The SMILES string of the molecule is c1ccc2c(c1)Sc1ccccc1N2c1cnc2c(c1)C1(c3ccccc3Sc3cc4c(cc31)-c1ccccc1C41c3cccnc3-c3ncccc31)c1cccnc1-2. The topological polar surface area (TPSA) is 54.8 Å². The minimum atomic E-state index is -0.684. The minimum absolute atomic E-state index is 0.548. The lowest BCUT2D eigenvalue weighted by Crippen LogP contribution is -2.33. The van der Waals surface area contributed by atoms with Crippen molar-refractivity contribution >= 4 is 40.6 Å². The third kappa shape index (κ3) is 3.86. The van der Waals surface area contributed by atoms with Gasteiger partial charge in [-0.1, -0.05) is 108 Å². The predicted molar refractivity (Wildman–Crippen MR) is 234 cm³/mol. The Kier molecular flexibility index (Phi) is 6.24. The molecule has 0 saturated heterocycles. The average Bonchev–Trinajstić information content (AvgIpc) is 3.87. The fourth-order valence-electron chi connectivity index (χ4n) is 11.0. The molecule has 0 N–H and O–H groups in total. The maximum atomic E-state index is 5.40. The molecule has 59 heavy (non-hydrogen) atoms. The van der Waals surface area contributed by atoms with Crippen LogP contribution in [-0.4, -0.2) is 19.9 Å². The molecule has 274 valence electrons. The first-order valence-electron chi connectivity index (χ1n) is 19.9. The van der Waals surface area contributed by atoms with Gasteiger partial charge in [-0.2, -0.15) is 0 Å². The highest BCUT2D eigenvalue weighted by Gasteiger charge is 2.56. The first kappa shape index (κ1) is 32.2. The van der Waals surface area contributed by atoms with Gasteiger partial charge in [-0.05, 0) is 117 Å². The molecule has 0 amide bonds. The van der Waals surface area contributed by atoms with Crippen molar-refractivity contribution in [3.05, 3.63) is 221 Å². The number of hydrogen-bond acceptors (Lipinski definition) is 7. The molecule has 4 aromatic heterocycles. The zero-order valence-electron chi connectivity index (χ0n) is 31.3. The first-order chi connectivity index (χ1) is 29.3. The second-order valence-electron chi connectivity index (χ2n) is 15.7. The zero-order chi connectivity index (χ0) is 38.5. The van der Waals surface area contributed by atoms with Crippen LogP contribution in [0.15, 0.2) is 196 Å². The van der Waals surface area contributed by atoms with Crippen LogP contribution in [0, 0.1) is 0 Å². The van der Waals surface area contributed by atoms with E-state index in [-0.39, 0.29) is 0 Å². The van der Waals surface area contributed by atoms with Crippen molar-refractivity contribution in [2.45, 2.75) is 30.4 Å². The van der Waals surface area contributed by atoms with Crippen LogP contribution >= 0.6 is 23.5 Å². The summed E-state index contributed by atoms with van der Waals surface area (Å²) in [5, 5.41) is 0. The standard InChI is InChI=1S/C52H29N5S2/c1-2-13-33-31(12-1)32-27-39-46(28-38(32)51(33)35-15-9-23-53-47(35)48-36(51)16-10-24-54-48)58-43-20-6-3-14-34(43)52(39)37-17-11-25-55-49(37)50-40(52)26-30(29-56-50)57-41-18-4-7-21-44(41)59-45-22-8-5-19-42(45)57/h1-29H. The van der Waals surface area contributed by atoms with E-state index < -0.39 is 10.8 Å². The number of benzene rings is 5. The van der Waals surface area contributed by atoms with Crippen molar-refractivity contribution in [2.24, 2.45) is 0 Å². The van der Waals surface area contributed by atoms with E-state index in [0.29, 0.717) is 0 Å². The molecule has 6 heterocycles. The van der Waals surface area contributed by atoms with Crippen LogP contribution in [0.4, 0.5) is 17.1 Å². The highest BCUT2D eigenvalue weighted by Crippen LogP contribution is 2.67. The maximum absolute atomic E-state index is 5.40. The van der Waals surface area contributed by atoms with Gasteiger partial charge in [-0.25, -0.2) is 0 Å². The van der Waals surface area contributed by atoms with Crippen molar-refractivity contribution in [2.75, 3.05) is 4.90 Å². The van der Waals surface area contributed by atoms with Crippen molar-refractivity contribution in [1.29, 1.82) is 0 Å². The molecule has 3 aliphatic carbocycles. The smallest absolute Gasteiger partial charge is 0.0939 e. The van der Waals surface area contributed by atoms with Gasteiger partial charge in [-0.15, -0.1) is 0 Å². The Labute approximate surface area is 348 Å². The lowest BCUT2D eigenvalue weighted by molar-refractivity contribution is 0.714. The molecule has 9 aromatic rings. The molecule has 14 rings (SSSR count). The number of anilines is 3. The van der Waals surface area contributed by atoms with Crippen molar-refractivity contribution in [3.63, 3.8) is 0 Å². The van der Waals surface area contributed by atoms with Gasteiger partial charge in [0, 0.05) is 43.7 Å². The van der Waals surface area contributed by atoms with Gasteiger partial charge < -0.3 is 4.90 Å². The van der Waals surface area contributed by atoms with E-state index in [1.54, 1.807) is 0 Å². The largest absolute Gasteiger partial charge is 0.307 e. The van der Waals surface area contributed by atoms with Crippen molar-refractivity contribution < 1.29 is 0 Å². The summed E-state index contributed by atoms with van der Waals surface area (Å²) in [5.74, 6) is 0. The van der Waals surface area contributed by atoms with E-state index in [1.807, 2.05) is 48.3 Å². The predicted octanol–water partition coefficient (Wildman–Crippen LogP) is 12.4. The van der Waals surface area contributed by atoms with E-state index >= 15 is 0 Å². The molecular formula is C52H29N5S2. The zero-order valence-corrected chi connectivity index (χ0v) is 32.9. The molecule has 2 aliphatic heterocycles. The number of para-hydroxylation sites is 2. The third-order valence-electron chi connectivity index (χ3n) is 13.1. The molecule has 1 unspecified atom stereocenters. The summed E-state index contributed by atoms with van der Waals surface area (Å²) in [5.41, 5.74) is 18.1. The Morgan fingerprint density at radius 3 is 1.53 bits per heavy atom. The normalized spacial score (nSPS) is 17.2. The average molecular weight is 788 g/mol. The third-order valence-corrected chi connectivity index (χ3v) is 15.4. The van der Waals surface area contributed by atoms with Crippen LogP contribution in [0.5, 0.6) is 0 Å². The second kappa shape index (κ2) is 11.4. The van der Waals surface area contributed by atoms with Crippen LogP contribution in [0.2, 0.25) is 0 Å². The van der Waals surface area contributed by atoms with Crippen molar-refractivity contribution in [3.8, 4) is 33.9 Å². The molecule has 1 atom stereocenters. The molecule has 0 saturated carbocycles. The van der Waals surface area contributed by atoms with E-state index in [1.165, 1.54) is 64.1 Å². The summed E-state index contributed by atoms with van der Waals surface area (Å²) in [6, 6.07) is 55.8. The highest BCUT2D eigenvalue weighted by molar-refractivity contribution is 8.00. The van der Waals surface area contributed by atoms with Gasteiger partial charge in [0.1, 0.15) is 0 Å². The van der Waals surface area contributed by atoms with Crippen molar-refractivity contribution in [1.82, 2.24) is 19.9 Å². The molecule has 0 radical (unpaired) electrons. The molecule has 0 bridgehead atoms. The lowest BCUT2D eigenvalue weighted by Gasteiger charge is -2.40. The quantitative estimate of drug-likeness (QED) is 0.164. The van der Waals surface area contributed by atoms with Gasteiger partial charge in [-0.3, -0.25) is 19.9 Å². The Hall–Kier alpha value is -6.80. The summed E-state index contributed by atoms with van der Waals surface area (Å²) in [6.07, 6.45) is 7.75. The Morgan fingerprint density at radius 1 is 0.356 bits per heavy atom. The van der Waals surface area contributed by atoms with Crippen LogP contribution in [-0.2, 0) is 10.8 Å². The molecule has 7 heteroatoms. The summed E-state index contributed by atoms with van der Waals surface area (Å²) in [6.45, 7) is 0. The monoisotopic (exact) mass is 787 g/mol. The van der Waals surface area contributed by atoms with Gasteiger partial charge in [0.2, 0.25) is 0 Å². The van der Waals surface area contributed by atoms with Crippen LogP contribution < -0.4 is 4.90 Å². The Balaban J connectivity index is 1.09. The highest BCUT2D eigenvalue weighted by atomic mass is 32.2. The minimum Gasteiger partial charge on any atom is -0.307 e. The number of hydrogen-bond donors (Lipinski definition) is 0.